The first-order valence-corrected chi connectivity index (χ1v) is 9.21. The first-order chi connectivity index (χ1) is 12.5. The predicted octanol–water partition coefficient (Wildman–Crippen LogP) is -0.125. The Morgan fingerprint density at radius 1 is 1.15 bits per heavy atom. The van der Waals surface area contributed by atoms with Gasteiger partial charge >= 0.3 is 5.69 Å². The van der Waals surface area contributed by atoms with E-state index in [9.17, 15) is 14.4 Å². The molecule has 9 heteroatoms. The summed E-state index contributed by atoms with van der Waals surface area (Å²) < 4.78 is 1.28. The minimum atomic E-state index is -0.508. The summed E-state index contributed by atoms with van der Waals surface area (Å²) in [7, 11) is 1.54. The maximum Gasteiger partial charge on any atom is 0.329 e. The summed E-state index contributed by atoms with van der Waals surface area (Å²) in [5.41, 5.74) is -0.449. The molecule has 0 saturated carbocycles. The number of nitrogens with zero attached hydrogens (tertiary/aromatic N) is 3. The van der Waals surface area contributed by atoms with Gasteiger partial charge in [0.05, 0.1) is 0 Å². The van der Waals surface area contributed by atoms with Crippen LogP contribution in [0.5, 0.6) is 0 Å². The van der Waals surface area contributed by atoms with Gasteiger partial charge in [0.2, 0.25) is 5.91 Å². The van der Waals surface area contributed by atoms with E-state index in [2.05, 4.69) is 25.2 Å². The number of amides is 1. The lowest BCUT2D eigenvalue weighted by molar-refractivity contribution is -0.121. The monoisotopic (exact) mass is 362 g/mol. The zero-order valence-corrected chi connectivity index (χ0v) is 15.1. The fourth-order valence-corrected chi connectivity index (χ4v) is 3.30. The fourth-order valence-electron chi connectivity index (χ4n) is 3.30. The van der Waals surface area contributed by atoms with Crippen molar-refractivity contribution >= 4 is 17.1 Å². The normalized spacial score (nSPS) is 15.9. The van der Waals surface area contributed by atoms with Crippen LogP contribution in [0.4, 0.5) is 0 Å². The zero-order chi connectivity index (χ0) is 18.5. The lowest BCUT2D eigenvalue weighted by atomic mass is 10.2. The molecular weight excluding hydrogens is 336 g/mol. The fraction of sp³-hybridized carbons (Fsp3) is 0.647. The molecular formula is C17H26N6O3. The standard InChI is InChI=1S/C17H26N6O3/c1-22-15-14(16(25)21-17(22)26)19-12(20-15)6-7-13(24)18-8-11-23-9-4-2-3-5-10-23/h2-11H2,1H3,(H,18,24)(H,19,20)(H,21,25,26). The molecule has 0 spiro atoms. The van der Waals surface area contributed by atoms with Crippen LogP contribution in [0.15, 0.2) is 9.59 Å². The lowest BCUT2D eigenvalue weighted by Crippen LogP contribution is -2.35. The van der Waals surface area contributed by atoms with Crippen LogP contribution in [-0.2, 0) is 18.3 Å². The second kappa shape index (κ2) is 8.31. The van der Waals surface area contributed by atoms with Crippen molar-refractivity contribution in [2.75, 3.05) is 26.2 Å². The smallest absolute Gasteiger partial charge is 0.329 e. The Balaban J connectivity index is 1.49. The Bertz CT molecular complexity index is 873. The molecule has 0 aromatic carbocycles. The van der Waals surface area contributed by atoms with Gasteiger partial charge in [-0.15, -0.1) is 0 Å². The first-order valence-electron chi connectivity index (χ1n) is 9.21. The molecule has 1 saturated heterocycles. The molecule has 3 heterocycles. The van der Waals surface area contributed by atoms with Gasteiger partial charge in [0.1, 0.15) is 11.3 Å². The van der Waals surface area contributed by atoms with Crippen LogP contribution in [0.3, 0.4) is 0 Å². The Hall–Kier alpha value is -2.42. The van der Waals surface area contributed by atoms with E-state index in [4.69, 9.17) is 0 Å². The molecule has 0 bridgehead atoms. The molecule has 2 aromatic rings. The van der Waals surface area contributed by atoms with Crippen LogP contribution in [0.1, 0.15) is 37.9 Å². The number of fused-ring (bicyclic) bond motifs is 1. The molecule has 26 heavy (non-hydrogen) atoms. The number of likely N-dealkylation sites (tertiary alicyclic amines) is 1. The van der Waals surface area contributed by atoms with E-state index in [1.807, 2.05) is 0 Å². The number of hydrogen-bond donors (Lipinski definition) is 3. The molecule has 0 unspecified atom stereocenters. The van der Waals surface area contributed by atoms with Gasteiger partial charge in [-0.1, -0.05) is 12.8 Å². The number of aryl methyl sites for hydroxylation is 2. The van der Waals surface area contributed by atoms with Crippen molar-refractivity contribution in [2.24, 2.45) is 7.05 Å². The summed E-state index contributed by atoms with van der Waals surface area (Å²) >= 11 is 0. The van der Waals surface area contributed by atoms with E-state index < -0.39 is 11.2 Å². The minimum absolute atomic E-state index is 0.0388. The molecule has 1 amide bonds. The summed E-state index contributed by atoms with van der Waals surface area (Å²) in [6.45, 7) is 3.76. The molecule has 3 rings (SSSR count). The highest BCUT2D eigenvalue weighted by Gasteiger charge is 2.12. The number of nitrogens with one attached hydrogen (secondary N) is 3. The number of carbonyl (C=O) groups is 1. The van der Waals surface area contributed by atoms with Crippen LogP contribution in [0.25, 0.3) is 11.2 Å². The van der Waals surface area contributed by atoms with Crippen LogP contribution in [0, 0.1) is 0 Å². The van der Waals surface area contributed by atoms with Gasteiger partial charge < -0.3 is 15.2 Å². The average molecular weight is 362 g/mol. The SMILES string of the molecule is Cn1c(=O)[nH]c(=O)c2[nH]c(CCC(=O)NCCN3CCCCCC3)nc21. The van der Waals surface area contributed by atoms with E-state index in [-0.39, 0.29) is 17.8 Å². The Labute approximate surface area is 150 Å². The maximum absolute atomic E-state index is 12.0. The molecule has 2 aromatic heterocycles. The summed E-state index contributed by atoms with van der Waals surface area (Å²) in [5.74, 6) is 0.484. The van der Waals surface area contributed by atoms with Crippen molar-refractivity contribution in [3.63, 3.8) is 0 Å². The summed E-state index contributed by atoms with van der Waals surface area (Å²) in [6.07, 6.45) is 5.75. The lowest BCUT2D eigenvalue weighted by Gasteiger charge is -2.19. The molecule has 1 aliphatic rings. The van der Waals surface area contributed by atoms with Crippen molar-refractivity contribution in [3.8, 4) is 0 Å². The quantitative estimate of drug-likeness (QED) is 0.662. The highest BCUT2D eigenvalue weighted by molar-refractivity contribution is 5.76. The minimum Gasteiger partial charge on any atom is -0.355 e. The highest BCUT2D eigenvalue weighted by Crippen LogP contribution is 2.09. The van der Waals surface area contributed by atoms with Gasteiger partial charge in [0.25, 0.3) is 5.56 Å². The second-order valence-corrected chi connectivity index (χ2v) is 6.81. The van der Waals surface area contributed by atoms with E-state index in [1.165, 1.54) is 30.3 Å². The number of H-pyrrole nitrogens is 2. The second-order valence-electron chi connectivity index (χ2n) is 6.81. The maximum atomic E-state index is 12.0. The van der Waals surface area contributed by atoms with Crippen LogP contribution < -0.4 is 16.6 Å². The first kappa shape index (κ1) is 18.4. The molecule has 0 aliphatic carbocycles. The number of aromatic nitrogens is 4. The van der Waals surface area contributed by atoms with E-state index in [1.54, 1.807) is 7.05 Å². The molecule has 0 atom stereocenters. The largest absolute Gasteiger partial charge is 0.355 e. The third kappa shape index (κ3) is 4.40. The van der Waals surface area contributed by atoms with Crippen LogP contribution in [-0.4, -0.2) is 56.5 Å². The van der Waals surface area contributed by atoms with E-state index in [0.717, 1.165) is 19.6 Å². The predicted molar refractivity (Wildman–Crippen MR) is 98.2 cm³/mol. The molecule has 9 nitrogen and oxygen atoms in total. The van der Waals surface area contributed by atoms with Gasteiger partial charge in [-0.2, -0.15) is 0 Å². The van der Waals surface area contributed by atoms with E-state index >= 15 is 0 Å². The van der Waals surface area contributed by atoms with Crippen molar-refractivity contribution in [3.05, 3.63) is 26.7 Å². The number of carbonyl (C=O) groups excluding carboxylic acids is 1. The van der Waals surface area contributed by atoms with Crippen molar-refractivity contribution < 1.29 is 4.79 Å². The van der Waals surface area contributed by atoms with Gasteiger partial charge in [-0.05, 0) is 25.9 Å². The Kier molecular flexibility index (Phi) is 5.87. The number of rotatable bonds is 6. The molecule has 142 valence electrons. The van der Waals surface area contributed by atoms with Crippen LogP contribution >= 0.6 is 0 Å². The topological polar surface area (TPSA) is 116 Å². The molecule has 1 aliphatic heterocycles. The van der Waals surface area contributed by atoms with Crippen molar-refractivity contribution in [1.29, 1.82) is 0 Å². The number of hydrogen-bond acceptors (Lipinski definition) is 5. The van der Waals surface area contributed by atoms with Crippen LogP contribution in [0.2, 0.25) is 0 Å². The zero-order valence-electron chi connectivity index (χ0n) is 15.1. The molecule has 0 radical (unpaired) electrons. The third-order valence-electron chi connectivity index (χ3n) is 4.84. The van der Waals surface area contributed by atoms with Crippen molar-refractivity contribution in [1.82, 2.24) is 29.7 Å². The summed E-state index contributed by atoms with van der Waals surface area (Å²) in [4.78, 5) is 47.2. The van der Waals surface area contributed by atoms with Gasteiger partial charge in [0.15, 0.2) is 5.65 Å². The Morgan fingerprint density at radius 2 is 1.88 bits per heavy atom. The Morgan fingerprint density at radius 3 is 2.62 bits per heavy atom. The van der Waals surface area contributed by atoms with Crippen molar-refractivity contribution in [2.45, 2.75) is 38.5 Å². The van der Waals surface area contributed by atoms with Gasteiger partial charge in [-0.25, -0.2) is 9.78 Å². The van der Waals surface area contributed by atoms with Gasteiger partial charge in [0, 0.05) is 33.0 Å². The molecule has 3 N–H and O–H groups in total. The number of imidazole rings is 1. The average Bonchev–Trinajstić information content (AvgIpc) is 2.89. The highest BCUT2D eigenvalue weighted by atomic mass is 16.2. The summed E-state index contributed by atoms with van der Waals surface area (Å²) in [5, 5.41) is 2.94. The number of aromatic amines is 2. The van der Waals surface area contributed by atoms with E-state index in [0.29, 0.717) is 24.4 Å². The summed E-state index contributed by atoms with van der Waals surface area (Å²) in [6, 6.07) is 0. The van der Waals surface area contributed by atoms with Gasteiger partial charge in [-0.3, -0.25) is 19.1 Å². The molecule has 1 fully saturated rings. The third-order valence-corrected chi connectivity index (χ3v) is 4.84.